The van der Waals surface area contributed by atoms with Crippen LogP contribution >= 0.6 is 0 Å². The molecule has 1 aromatic carbocycles. The number of ether oxygens (including phenoxy) is 1. The summed E-state index contributed by atoms with van der Waals surface area (Å²) in [6, 6.07) is 5.34. The fourth-order valence-corrected chi connectivity index (χ4v) is 2.41. The van der Waals surface area contributed by atoms with Crippen LogP contribution in [-0.4, -0.2) is 27.0 Å². The van der Waals surface area contributed by atoms with Gasteiger partial charge in [-0.3, -0.25) is 10.1 Å². The summed E-state index contributed by atoms with van der Waals surface area (Å²) in [5, 5.41) is 2.48. The number of amides is 2. The van der Waals surface area contributed by atoms with Gasteiger partial charge in [-0.25, -0.2) is 17.9 Å². The molecule has 0 fully saturated rings. The van der Waals surface area contributed by atoms with Crippen molar-refractivity contribution in [3.63, 3.8) is 0 Å². The molecule has 1 aromatic rings. The normalized spacial score (nSPS) is 11.0. The first-order valence-electron chi connectivity index (χ1n) is 6.88. The van der Waals surface area contributed by atoms with Crippen LogP contribution in [0.1, 0.15) is 20.8 Å². The highest BCUT2D eigenvalue weighted by atomic mass is 32.2. The van der Waals surface area contributed by atoms with Gasteiger partial charge in [0.2, 0.25) is 0 Å². The molecule has 0 heterocycles. The minimum atomic E-state index is -3.98. The van der Waals surface area contributed by atoms with Crippen LogP contribution < -0.4 is 10.0 Å². The summed E-state index contributed by atoms with van der Waals surface area (Å²) in [6.45, 7) is 8.88. The number of hydrogen-bond donors (Lipinski definition) is 2. The molecule has 0 atom stereocenters. The summed E-state index contributed by atoms with van der Waals surface area (Å²) in [5.74, 6) is -0.560. The summed E-state index contributed by atoms with van der Waals surface area (Å²) in [4.78, 5) is 22.8. The van der Waals surface area contributed by atoms with Crippen LogP contribution in [-0.2, 0) is 19.6 Å². The van der Waals surface area contributed by atoms with Crippen molar-refractivity contribution in [2.24, 2.45) is 5.92 Å². The van der Waals surface area contributed by atoms with Gasteiger partial charge < -0.3 is 4.74 Å². The average molecular weight is 340 g/mol. The molecule has 0 radical (unpaired) electrons. The van der Waals surface area contributed by atoms with Crippen LogP contribution in [0.5, 0.6) is 0 Å². The predicted octanol–water partition coefficient (Wildman–Crippen LogP) is 2.27. The van der Waals surface area contributed by atoms with E-state index in [-0.39, 0.29) is 23.0 Å². The van der Waals surface area contributed by atoms with E-state index in [4.69, 9.17) is 4.74 Å². The molecule has 23 heavy (non-hydrogen) atoms. The van der Waals surface area contributed by atoms with E-state index in [1.807, 2.05) is 18.6 Å². The van der Waals surface area contributed by atoms with Crippen molar-refractivity contribution in [1.29, 1.82) is 0 Å². The van der Waals surface area contributed by atoms with Crippen molar-refractivity contribution in [1.82, 2.24) is 4.72 Å². The SMILES string of the molecule is C=C(C)C(=O)NS(=O)(=O)c1ccc(NC(=O)OCC(C)C)cc1. The molecule has 7 nitrogen and oxygen atoms in total. The van der Waals surface area contributed by atoms with E-state index in [0.29, 0.717) is 5.69 Å². The van der Waals surface area contributed by atoms with Gasteiger partial charge in [-0.2, -0.15) is 0 Å². The fraction of sp³-hybridized carbons (Fsp3) is 0.333. The van der Waals surface area contributed by atoms with E-state index in [0.717, 1.165) is 0 Å². The molecular formula is C15H20N2O5S. The Morgan fingerprint density at radius 2 is 1.78 bits per heavy atom. The lowest BCUT2D eigenvalue weighted by molar-refractivity contribution is -0.115. The Balaban J connectivity index is 2.74. The molecule has 0 saturated carbocycles. The van der Waals surface area contributed by atoms with Crippen molar-refractivity contribution in [3.8, 4) is 0 Å². The van der Waals surface area contributed by atoms with Crippen molar-refractivity contribution in [2.75, 3.05) is 11.9 Å². The van der Waals surface area contributed by atoms with E-state index < -0.39 is 22.0 Å². The second kappa shape index (κ2) is 7.77. The van der Waals surface area contributed by atoms with Crippen LogP contribution in [0.15, 0.2) is 41.3 Å². The Kier molecular flexibility index (Phi) is 6.32. The smallest absolute Gasteiger partial charge is 0.411 e. The van der Waals surface area contributed by atoms with Gasteiger partial charge in [0.25, 0.3) is 15.9 Å². The molecule has 0 saturated heterocycles. The van der Waals surface area contributed by atoms with Gasteiger partial charge in [0, 0.05) is 11.3 Å². The number of carbonyl (C=O) groups is 2. The van der Waals surface area contributed by atoms with E-state index in [2.05, 4.69) is 11.9 Å². The van der Waals surface area contributed by atoms with Crippen molar-refractivity contribution in [3.05, 3.63) is 36.4 Å². The number of rotatable bonds is 6. The second-order valence-electron chi connectivity index (χ2n) is 5.36. The topological polar surface area (TPSA) is 102 Å². The zero-order valence-electron chi connectivity index (χ0n) is 13.3. The first-order chi connectivity index (χ1) is 10.6. The first-order valence-corrected chi connectivity index (χ1v) is 8.36. The Morgan fingerprint density at radius 1 is 1.22 bits per heavy atom. The summed E-state index contributed by atoms with van der Waals surface area (Å²) in [5.41, 5.74) is 0.462. The zero-order chi connectivity index (χ0) is 17.6. The molecule has 1 rings (SSSR count). The van der Waals surface area contributed by atoms with E-state index in [9.17, 15) is 18.0 Å². The van der Waals surface area contributed by atoms with Crippen LogP contribution in [0.3, 0.4) is 0 Å². The average Bonchev–Trinajstić information content (AvgIpc) is 2.45. The molecule has 126 valence electrons. The Bertz CT molecular complexity index is 693. The largest absolute Gasteiger partial charge is 0.449 e. The fourth-order valence-electron chi connectivity index (χ4n) is 1.38. The van der Waals surface area contributed by atoms with Gasteiger partial charge in [-0.1, -0.05) is 20.4 Å². The maximum absolute atomic E-state index is 12.0. The summed E-state index contributed by atoms with van der Waals surface area (Å²) >= 11 is 0. The van der Waals surface area contributed by atoms with Gasteiger partial charge in [0.1, 0.15) is 0 Å². The minimum absolute atomic E-state index is 0.0831. The number of nitrogens with one attached hydrogen (secondary N) is 2. The maximum atomic E-state index is 12.0. The van der Waals surface area contributed by atoms with E-state index in [1.165, 1.54) is 31.2 Å². The van der Waals surface area contributed by atoms with Gasteiger partial charge in [-0.05, 0) is 37.1 Å². The maximum Gasteiger partial charge on any atom is 0.411 e. The number of anilines is 1. The van der Waals surface area contributed by atoms with Crippen molar-refractivity contribution >= 4 is 27.7 Å². The monoisotopic (exact) mass is 340 g/mol. The highest BCUT2D eigenvalue weighted by Crippen LogP contribution is 2.14. The number of hydrogen-bond acceptors (Lipinski definition) is 5. The highest BCUT2D eigenvalue weighted by Gasteiger charge is 2.18. The lowest BCUT2D eigenvalue weighted by atomic mass is 10.2. The summed E-state index contributed by atoms with van der Waals surface area (Å²) in [6.07, 6.45) is -0.620. The third-order valence-corrected chi connectivity index (χ3v) is 3.92. The second-order valence-corrected chi connectivity index (χ2v) is 7.04. The van der Waals surface area contributed by atoms with Gasteiger partial charge in [0.15, 0.2) is 0 Å². The molecule has 0 unspecified atom stereocenters. The number of carbonyl (C=O) groups excluding carboxylic acids is 2. The zero-order valence-corrected chi connectivity index (χ0v) is 14.1. The first kappa shape index (κ1) is 18.7. The molecule has 2 amide bonds. The molecule has 0 aliphatic rings. The molecule has 0 aromatic heterocycles. The van der Waals surface area contributed by atoms with Gasteiger partial charge in [0.05, 0.1) is 11.5 Å². The van der Waals surface area contributed by atoms with Gasteiger partial charge >= 0.3 is 6.09 Å². The lowest BCUT2D eigenvalue weighted by Gasteiger charge is -2.10. The van der Waals surface area contributed by atoms with Crippen LogP contribution in [0, 0.1) is 5.92 Å². The van der Waals surface area contributed by atoms with E-state index >= 15 is 0 Å². The summed E-state index contributed by atoms with van der Waals surface area (Å²) in [7, 11) is -3.98. The predicted molar refractivity (Wildman–Crippen MR) is 86.4 cm³/mol. The van der Waals surface area contributed by atoms with Crippen LogP contribution in [0.2, 0.25) is 0 Å². The Morgan fingerprint density at radius 3 is 2.26 bits per heavy atom. The molecule has 0 spiro atoms. The van der Waals surface area contributed by atoms with Crippen molar-refractivity contribution < 1.29 is 22.7 Å². The molecular weight excluding hydrogens is 320 g/mol. The molecule has 0 bridgehead atoms. The Labute approximate surface area is 135 Å². The molecule has 8 heteroatoms. The number of benzene rings is 1. The highest BCUT2D eigenvalue weighted by molar-refractivity contribution is 7.90. The van der Waals surface area contributed by atoms with Gasteiger partial charge in [-0.15, -0.1) is 0 Å². The molecule has 0 aliphatic heterocycles. The van der Waals surface area contributed by atoms with Crippen LogP contribution in [0.25, 0.3) is 0 Å². The molecule has 0 aliphatic carbocycles. The lowest BCUT2D eigenvalue weighted by Crippen LogP contribution is -2.30. The van der Waals surface area contributed by atoms with Crippen LogP contribution in [0.4, 0.5) is 10.5 Å². The van der Waals surface area contributed by atoms with E-state index in [1.54, 1.807) is 0 Å². The minimum Gasteiger partial charge on any atom is -0.449 e. The third kappa shape index (κ3) is 6.11. The summed E-state index contributed by atoms with van der Waals surface area (Å²) < 4.78 is 30.8. The molecule has 2 N–H and O–H groups in total. The standard InChI is InChI=1S/C15H20N2O5S/c1-10(2)9-22-15(19)16-12-5-7-13(8-6-12)23(20,21)17-14(18)11(3)4/h5-8,10H,3,9H2,1-2,4H3,(H,16,19)(H,17,18). The quantitative estimate of drug-likeness (QED) is 0.774. The number of sulfonamides is 1. The van der Waals surface area contributed by atoms with Crippen molar-refractivity contribution in [2.45, 2.75) is 25.7 Å². The third-order valence-electron chi connectivity index (χ3n) is 2.57. The Hall–Kier alpha value is -2.35.